The molecule has 0 amide bonds. The smallest absolute Gasteiger partial charge is 0.317 e. The van der Waals surface area contributed by atoms with Crippen LogP contribution in [0.1, 0.15) is 56.3 Å². The molecule has 3 aromatic heterocycles. The zero-order valence-electron chi connectivity index (χ0n) is 18.5. The van der Waals surface area contributed by atoms with Crippen molar-refractivity contribution in [3.63, 3.8) is 0 Å². The number of aromatic nitrogens is 5. The molecule has 0 aromatic carbocycles. The molecule has 0 spiro atoms. The molecule has 0 atom stereocenters. The van der Waals surface area contributed by atoms with Gasteiger partial charge in [0.25, 0.3) is 0 Å². The van der Waals surface area contributed by atoms with E-state index >= 15 is 0 Å². The third kappa shape index (κ3) is 5.39. The molecule has 2 fully saturated rings. The molecule has 2 aliphatic rings. The van der Waals surface area contributed by atoms with Crippen LogP contribution in [0.3, 0.4) is 0 Å². The lowest BCUT2D eigenvalue weighted by Crippen LogP contribution is -2.21. The van der Waals surface area contributed by atoms with E-state index in [1.165, 1.54) is 43.4 Å². The molecule has 0 radical (unpaired) electrons. The molecule has 0 unspecified atom stereocenters. The fourth-order valence-corrected chi connectivity index (χ4v) is 5.07. The van der Waals surface area contributed by atoms with E-state index < -0.39 is 0 Å². The van der Waals surface area contributed by atoms with Crippen LogP contribution in [0.2, 0.25) is 0 Å². The highest BCUT2D eigenvalue weighted by Gasteiger charge is 2.18. The molecular weight excluding hydrogens is 422 g/mol. The Bertz CT molecular complexity index is 1030. The van der Waals surface area contributed by atoms with Gasteiger partial charge in [0.2, 0.25) is 0 Å². The summed E-state index contributed by atoms with van der Waals surface area (Å²) in [5, 5.41) is 4.01. The molecule has 4 heterocycles. The standard InChI is InChI=1S/C23H29N7OS/c1-16-11-19(28-22(27-16)31-18-7-3-2-4-8-18)20-13-26-23(32-20)29-21-14-24-17(12-25-21)15-30-9-5-6-10-30/h11-14,18H,2-10,15H2,1H3,(H,25,26,29). The van der Waals surface area contributed by atoms with Crippen molar-refractivity contribution >= 4 is 22.3 Å². The number of hydrogen-bond acceptors (Lipinski definition) is 9. The number of likely N-dealkylation sites (tertiary alicyclic amines) is 1. The van der Waals surface area contributed by atoms with Gasteiger partial charge in [-0.2, -0.15) is 4.98 Å². The highest BCUT2D eigenvalue weighted by Crippen LogP contribution is 2.31. The summed E-state index contributed by atoms with van der Waals surface area (Å²) >= 11 is 1.53. The van der Waals surface area contributed by atoms with Crippen molar-refractivity contribution in [3.05, 3.63) is 36.0 Å². The number of nitrogens with one attached hydrogen (secondary N) is 1. The predicted molar refractivity (Wildman–Crippen MR) is 125 cm³/mol. The average molecular weight is 452 g/mol. The number of aryl methyl sites for hydroxylation is 1. The molecule has 5 rings (SSSR count). The Hall–Kier alpha value is -2.65. The topological polar surface area (TPSA) is 89.0 Å². The Kier molecular flexibility index (Phi) is 6.54. The lowest BCUT2D eigenvalue weighted by atomic mass is 9.98. The number of thiazole rings is 1. The molecule has 0 bridgehead atoms. The summed E-state index contributed by atoms with van der Waals surface area (Å²) in [4.78, 5) is 26.1. The summed E-state index contributed by atoms with van der Waals surface area (Å²) in [6.45, 7) is 5.14. The maximum atomic E-state index is 6.08. The molecule has 9 heteroatoms. The van der Waals surface area contributed by atoms with Crippen LogP contribution in [-0.4, -0.2) is 49.0 Å². The molecule has 168 valence electrons. The van der Waals surface area contributed by atoms with Crippen molar-refractivity contribution in [2.75, 3.05) is 18.4 Å². The number of ether oxygens (including phenoxy) is 1. The first-order valence-electron chi connectivity index (χ1n) is 11.5. The molecule has 32 heavy (non-hydrogen) atoms. The van der Waals surface area contributed by atoms with E-state index in [2.05, 4.69) is 35.1 Å². The molecular formula is C23H29N7OS. The summed E-state index contributed by atoms with van der Waals surface area (Å²) in [6.07, 6.45) is 14.1. The van der Waals surface area contributed by atoms with E-state index in [1.54, 1.807) is 6.20 Å². The quantitative estimate of drug-likeness (QED) is 0.550. The first kappa shape index (κ1) is 21.2. The Morgan fingerprint density at radius 2 is 1.84 bits per heavy atom. The summed E-state index contributed by atoms with van der Waals surface area (Å²) in [5.41, 5.74) is 2.73. The summed E-state index contributed by atoms with van der Waals surface area (Å²) < 4.78 is 6.08. The second-order valence-corrected chi connectivity index (χ2v) is 9.62. The highest BCUT2D eigenvalue weighted by molar-refractivity contribution is 7.18. The second-order valence-electron chi connectivity index (χ2n) is 8.59. The van der Waals surface area contributed by atoms with E-state index in [9.17, 15) is 0 Å². The maximum absolute atomic E-state index is 6.08. The third-order valence-corrected chi connectivity index (χ3v) is 6.88. The van der Waals surface area contributed by atoms with Crippen molar-refractivity contribution in [2.24, 2.45) is 0 Å². The molecule has 3 aromatic rings. The predicted octanol–water partition coefficient (Wildman–Crippen LogP) is 4.75. The van der Waals surface area contributed by atoms with Gasteiger partial charge in [-0.15, -0.1) is 0 Å². The summed E-state index contributed by atoms with van der Waals surface area (Å²) in [6, 6.07) is 2.44. The summed E-state index contributed by atoms with van der Waals surface area (Å²) in [7, 11) is 0. The van der Waals surface area contributed by atoms with Crippen LogP contribution in [0, 0.1) is 6.92 Å². The number of anilines is 2. The SMILES string of the molecule is Cc1cc(-c2cnc(Nc3cnc(CN4CCCC4)cn3)s2)nc(OC2CCCCC2)n1. The highest BCUT2D eigenvalue weighted by atomic mass is 32.1. The lowest BCUT2D eigenvalue weighted by molar-refractivity contribution is 0.142. The lowest BCUT2D eigenvalue weighted by Gasteiger charge is -2.21. The molecule has 1 saturated heterocycles. The molecule has 1 saturated carbocycles. The first-order valence-corrected chi connectivity index (χ1v) is 12.3. The van der Waals surface area contributed by atoms with E-state index in [0.29, 0.717) is 11.8 Å². The van der Waals surface area contributed by atoms with Crippen LogP contribution in [0.25, 0.3) is 10.6 Å². The van der Waals surface area contributed by atoms with Gasteiger partial charge in [0.15, 0.2) is 10.9 Å². The van der Waals surface area contributed by atoms with Gasteiger partial charge in [-0.1, -0.05) is 17.8 Å². The van der Waals surface area contributed by atoms with Crippen LogP contribution in [0.4, 0.5) is 10.9 Å². The second kappa shape index (κ2) is 9.87. The van der Waals surface area contributed by atoms with Crippen molar-refractivity contribution in [1.82, 2.24) is 29.8 Å². The number of nitrogens with zero attached hydrogens (tertiary/aromatic N) is 6. The van der Waals surface area contributed by atoms with E-state index in [1.807, 2.05) is 25.4 Å². The Balaban J connectivity index is 1.24. The Morgan fingerprint density at radius 1 is 1.00 bits per heavy atom. The van der Waals surface area contributed by atoms with Crippen LogP contribution >= 0.6 is 11.3 Å². The largest absolute Gasteiger partial charge is 0.460 e. The van der Waals surface area contributed by atoms with Gasteiger partial charge in [0.1, 0.15) is 6.10 Å². The van der Waals surface area contributed by atoms with Crippen LogP contribution < -0.4 is 10.1 Å². The van der Waals surface area contributed by atoms with Gasteiger partial charge in [-0.05, 0) is 64.6 Å². The zero-order valence-corrected chi connectivity index (χ0v) is 19.3. The number of hydrogen-bond donors (Lipinski definition) is 1. The van der Waals surface area contributed by atoms with Crippen molar-refractivity contribution in [3.8, 4) is 16.6 Å². The summed E-state index contributed by atoms with van der Waals surface area (Å²) in [5.74, 6) is 0.691. The monoisotopic (exact) mass is 451 g/mol. The van der Waals surface area contributed by atoms with E-state index in [-0.39, 0.29) is 6.10 Å². The molecule has 1 aliphatic heterocycles. The first-order chi connectivity index (χ1) is 15.7. The van der Waals surface area contributed by atoms with Gasteiger partial charge >= 0.3 is 6.01 Å². The molecule has 8 nitrogen and oxygen atoms in total. The molecule has 1 aliphatic carbocycles. The minimum absolute atomic E-state index is 0.226. The van der Waals surface area contributed by atoms with Gasteiger partial charge in [0.05, 0.1) is 28.7 Å². The van der Waals surface area contributed by atoms with Crippen molar-refractivity contribution in [1.29, 1.82) is 0 Å². The Labute approximate surface area is 192 Å². The fraction of sp³-hybridized carbons (Fsp3) is 0.522. The minimum Gasteiger partial charge on any atom is -0.460 e. The Morgan fingerprint density at radius 3 is 2.62 bits per heavy atom. The third-order valence-electron chi connectivity index (χ3n) is 5.94. The van der Waals surface area contributed by atoms with Crippen molar-refractivity contribution in [2.45, 2.75) is 64.5 Å². The van der Waals surface area contributed by atoms with Gasteiger partial charge in [-0.3, -0.25) is 9.88 Å². The minimum atomic E-state index is 0.226. The molecule has 1 N–H and O–H groups in total. The number of rotatable bonds is 7. The van der Waals surface area contributed by atoms with Gasteiger partial charge < -0.3 is 10.1 Å². The van der Waals surface area contributed by atoms with Gasteiger partial charge in [0, 0.05) is 18.4 Å². The van der Waals surface area contributed by atoms with Crippen LogP contribution in [0.15, 0.2) is 24.7 Å². The van der Waals surface area contributed by atoms with Crippen LogP contribution in [-0.2, 0) is 6.54 Å². The van der Waals surface area contributed by atoms with Crippen LogP contribution in [0.5, 0.6) is 6.01 Å². The maximum Gasteiger partial charge on any atom is 0.317 e. The normalized spacial score (nSPS) is 17.5. The van der Waals surface area contributed by atoms with E-state index in [4.69, 9.17) is 4.74 Å². The fourth-order valence-electron chi connectivity index (χ4n) is 4.28. The zero-order chi connectivity index (χ0) is 21.8. The average Bonchev–Trinajstić information content (AvgIpc) is 3.48. The van der Waals surface area contributed by atoms with Gasteiger partial charge in [-0.25, -0.2) is 15.0 Å². The van der Waals surface area contributed by atoms with Crippen molar-refractivity contribution < 1.29 is 4.74 Å². The van der Waals surface area contributed by atoms with E-state index in [0.717, 1.165) is 59.6 Å².